The molecule has 1 unspecified atom stereocenters. The second-order valence-corrected chi connectivity index (χ2v) is 5.86. The molecule has 1 aromatic rings. The number of anilines is 1. The Hall–Kier alpha value is -0.730. The maximum absolute atomic E-state index is 5.94. The van der Waals surface area contributed by atoms with E-state index in [0.29, 0.717) is 6.04 Å². The highest BCUT2D eigenvalue weighted by Crippen LogP contribution is 2.33. The highest BCUT2D eigenvalue weighted by molar-refractivity contribution is 6.30. The summed E-state index contributed by atoms with van der Waals surface area (Å²) in [6.07, 6.45) is 2.37. The quantitative estimate of drug-likeness (QED) is 0.869. The van der Waals surface area contributed by atoms with E-state index >= 15 is 0 Å². The van der Waals surface area contributed by atoms with E-state index in [2.05, 4.69) is 43.2 Å². The lowest BCUT2D eigenvalue weighted by atomic mass is 9.86. The van der Waals surface area contributed by atoms with Crippen LogP contribution in [0.3, 0.4) is 0 Å². The zero-order chi connectivity index (χ0) is 12.5. The molecule has 2 nitrogen and oxygen atoms in total. The van der Waals surface area contributed by atoms with Crippen molar-refractivity contribution in [2.24, 2.45) is 0 Å². The first kappa shape index (κ1) is 12.7. The van der Waals surface area contributed by atoms with Gasteiger partial charge in [-0.15, -0.1) is 0 Å². The first-order valence-corrected chi connectivity index (χ1v) is 6.61. The third kappa shape index (κ3) is 2.75. The number of rotatable bonds is 2. The van der Waals surface area contributed by atoms with Crippen molar-refractivity contribution in [1.82, 2.24) is 5.32 Å². The molecule has 94 valence electrons. The monoisotopic (exact) mass is 252 g/mol. The van der Waals surface area contributed by atoms with Gasteiger partial charge in [0.15, 0.2) is 0 Å². The van der Waals surface area contributed by atoms with E-state index in [1.807, 2.05) is 12.1 Å². The summed E-state index contributed by atoms with van der Waals surface area (Å²) in [5, 5.41) is 4.20. The normalized spacial score (nSPS) is 23.8. The molecule has 1 aliphatic rings. The first-order valence-electron chi connectivity index (χ1n) is 6.23. The lowest BCUT2D eigenvalue weighted by Gasteiger charge is -2.47. The van der Waals surface area contributed by atoms with Crippen molar-refractivity contribution in [3.63, 3.8) is 0 Å². The molecule has 3 heteroatoms. The number of benzene rings is 1. The third-order valence-corrected chi connectivity index (χ3v) is 3.98. The SMILES string of the molecule is CNC1CCN(c2ccc(Cl)cc2)C(C)(C)C1. The minimum Gasteiger partial charge on any atom is -0.366 e. The van der Waals surface area contributed by atoms with Crippen LogP contribution in [-0.2, 0) is 0 Å². The molecule has 1 aromatic carbocycles. The van der Waals surface area contributed by atoms with E-state index in [4.69, 9.17) is 11.6 Å². The zero-order valence-electron chi connectivity index (χ0n) is 10.8. The summed E-state index contributed by atoms with van der Waals surface area (Å²) >= 11 is 5.94. The molecule has 17 heavy (non-hydrogen) atoms. The fourth-order valence-electron chi connectivity index (χ4n) is 2.75. The summed E-state index contributed by atoms with van der Waals surface area (Å²) in [4.78, 5) is 2.48. The van der Waals surface area contributed by atoms with Gasteiger partial charge in [-0.3, -0.25) is 0 Å². The molecule has 1 fully saturated rings. The molecule has 0 spiro atoms. The van der Waals surface area contributed by atoms with Crippen LogP contribution < -0.4 is 10.2 Å². The van der Waals surface area contributed by atoms with E-state index in [-0.39, 0.29) is 5.54 Å². The molecule has 1 saturated heterocycles. The van der Waals surface area contributed by atoms with E-state index in [1.165, 1.54) is 18.5 Å². The molecule has 0 bridgehead atoms. The molecular weight excluding hydrogens is 232 g/mol. The summed E-state index contributed by atoms with van der Waals surface area (Å²) in [5.74, 6) is 0. The van der Waals surface area contributed by atoms with Crippen molar-refractivity contribution in [2.45, 2.75) is 38.3 Å². The standard InChI is InChI=1S/C14H21ClN2/c1-14(2)10-12(16-3)8-9-17(14)13-6-4-11(15)5-7-13/h4-7,12,16H,8-10H2,1-3H3. The van der Waals surface area contributed by atoms with Gasteiger partial charge in [-0.2, -0.15) is 0 Å². The molecule has 1 aliphatic heterocycles. The van der Waals surface area contributed by atoms with Gasteiger partial charge < -0.3 is 10.2 Å². The Morgan fingerprint density at radius 2 is 1.94 bits per heavy atom. The van der Waals surface area contributed by atoms with Crippen LogP contribution in [0.4, 0.5) is 5.69 Å². The van der Waals surface area contributed by atoms with Crippen molar-refractivity contribution in [1.29, 1.82) is 0 Å². The van der Waals surface area contributed by atoms with Crippen molar-refractivity contribution in [2.75, 3.05) is 18.5 Å². The van der Waals surface area contributed by atoms with Crippen molar-refractivity contribution in [3.05, 3.63) is 29.3 Å². The highest BCUT2D eigenvalue weighted by atomic mass is 35.5. The molecule has 2 rings (SSSR count). The minimum absolute atomic E-state index is 0.194. The maximum Gasteiger partial charge on any atom is 0.0407 e. The molecule has 0 aromatic heterocycles. The Kier molecular flexibility index (Phi) is 3.64. The van der Waals surface area contributed by atoms with Crippen LogP contribution in [0.25, 0.3) is 0 Å². The van der Waals surface area contributed by atoms with Gasteiger partial charge in [0.1, 0.15) is 0 Å². The number of hydrogen-bond donors (Lipinski definition) is 1. The van der Waals surface area contributed by atoms with Gasteiger partial charge in [0.25, 0.3) is 0 Å². The van der Waals surface area contributed by atoms with Gasteiger partial charge in [-0.1, -0.05) is 11.6 Å². The van der Waals surface area contributed by atoms with Crippen LogP contribution in [-0.4, -0.2) is 25.2 Å². The van der Waals surface area contributed by atoms with E-state index in [9.17, 15) is 0 Å². The summed E-state index contributed by atoms with van der Waals surface area (Å²) < 4.78 is 0. The van der Waals surface area contributed by atoms with Gasteiger partial charge in [-0.05, 0) is 58.0 Å². The predicted octanol–water partition coefficient (Wildman–Crippen LogP) is 3.31. The Bertz CT molecular complexity index is 372. The van der Waals surface area contributed by atoms with E-state index in [0.717, 1.165) is 11.6 Å². The molecular formula is C14H21ClN2. The smallest absolute Gasteiger partial charge is 0.0407 e. The van der Waals surface area contributed by atoms with Crippen LogP contribution in [0.1, 0.15) is 26.7 Å². The fraction of sp³-hybridized carbons (Fsp3) is 0.571. The second-order valence-electron chi connectivity index (χ2n) is 5.42. The summed E-state index contributed by atoms with van der Waals surface area (Å²) in [6.45, 7) is 5.72. The number of nitrogens with zero attached hydrogens (tertiary/aromatic N) is 1. The van der Waals surface area contributed by atoms with E-state index in [1.54, 1.807) is 0 Å². The summed E-state index contributed by atoms with van der Waals surface area (Å²) in [6, 6.07) is 8.80. The number of piperidine rings is 1. The van der Waals surface area contributed by atoms with Crippen LogP contribution in [0, 0.1) is 0 Å². The Morgan fingerprint density at radius 3 is 2.47 bits per heavy atom. The number of halogens is 1. The van der Waals surface area contributed by atoms with Crippen molar-refractivity contribution in [3.8, 4) is 0 Å². The maximum atomic E-state index is 5.94. The molecule has 1 atom stereocenters. The Labute approximate surface area is 109 Å². The average Bonchev–Trinajstić information content (AvgIpc) is 2.29. The van der Waals surface area contributed by atoms with Crippen LogP contribution in [0.2, 0.25) is 5.02 Å². The number of hydrogen-bond acceptors (Lipinski definition) is 2. The zero-order valence-corrected chi connectivity index (χ0v) is 11.6. The summed E-state index contributed by atoms with van der Waals surface area (Å²) in [5.41, 5.74) is 1.47. The minimum atomic E-state index is 0.194. The second kappa shape index (κ2) is 4.87. The van der Waals surface area contributed by atoms with Crippen molar-refractivity contribution >= 4 is 17.3 Å². The topological polar surface area (TPSA) is 15.3 Å². The van der Waals surface area contributed by atoms with Crippen LogP contribution in [0.5, 0.6) is 0 Å². The Morgan fingerprint density at radius 1 is 1.29 bits per heavy atom. The summed E-state index contributed by atoms with van der Waals surface area (Å²) in [7, 11) is 2.05. The van der Waals surface area contributed by atoms with Gasteiger partial charge in [0, 0.05) is 28.8 Å². The van der Waals surface area contributed by atoms with Gasteiger partial charge in [0.2, 0.25) is 0 Å². The van der Waals surface area contributed by atoms with Crippen LogP contribution in [0.15, 0.2) is 24.3 Å². The first-order chi connectivity index (χ1) is 8.03. The third-order valence-electron chi connectivity index (χ3n) is 3.72. The largest absolute Gasteiger partial charge is 0.366 e. The molecule has 0 radical (unpaired) electrons. The van der Waals surface area contributed by atoms with Gasteiger partial charge in [0.05, 0.1) is 0 Å². The average molecular weight is 253 g/mol. The lowest BCUT2D eigenvalue weighted by molar-refractivity contribution is 0.302. The van der Waals surface area contributed by atoms with E-state index < -0.39 is 0 Å². The number of nitrogens with one attached hydrogen (secondary N) is 1. The molecule has 1 heterocycles. The van der Waals surface area contributed by atoms with Gasteiger partial charge in [-0.25, -0.2) is 0 Å². The fourth-order valence-corrected chi connectivity index (χ4v) is 2.87. The van der Waals surface area contributed by atoms with Gasteiger partial charge >= 0.3 is 0 Å². The molecule has 0 saturated carbocycles. The molecule has 0 amide bonds. The molecule has 1 N–H and O–H groups in total. The molecule has 0 aliphatic carbocycles. The lowest BCUT2D eigenvalue weighted by Crippen LogP contribution is -2.54. The van der Waals surface area contributed by atoms with Crippen LogP contribution >= 0.6 is 11.6 Å². The Balaban J connectivity index is 2.18. The van der Waals surface area contributed by atoms with Crippen molar-refractivity contribution < 1.29 is 0 Å². The highest BCUT2D eigenvalue weighted by Gasteiger charge is 2.34. The predicted molar refractivity (Wildman–Crippen MR) is 75.0 cm³/mol.